The lowest BCUT2D eigenvalue weighted by atomic mass is 9.99. The van der Waals surface area contributed by atoms with E-state index in [2.05, 4.69) is 20.2 Å². The number of hydrogen-bond donors (Lipinski definition) is 1. The summed E-state index contributed by atoms with van der Waals surface area (Å²) >= 11 is 0. The van der Waals surface area contributed by atoms with Gasteiger partial charge in [0.1, 0.15) is 6.04 Å². The van der Waals surface area contributed by atoms with Gasteiger partial charge < -0.3 is 23.9 Å². The maximum atomic E-state index is 13.5. The summed E-state index contributed by atoms with van der Waals surface area (Å²) in [5, 5.41) is 12.9. The fourth-order valence-electron chi connectivity index (χ4n) is 4.41. The predicted molar refractivity (Wildman–Crippen MR) is 112 cm³/mol. The zero-order valence-corrected chi connectivity index (χ0v) is 17.6. The molecule has 0 bridgehead atoms. The molecule has 1 saturated heterocycles. The number of nitrogens with one attached hydrogen (secondary N) is 1. The predicted octanol–water partition coefficient (Wildman–Crippen LogP) is 1.37. The Morgan fingerprint density at radius 1 is 1.22 bits per heavy atom. The summed E-state index contributed by atoms with van der Waals surface area (Å²) < 4.78 is 13.0. The molecular formula is C21H22N8O3. The zero-order chi connectivity index (χ0) is 21.7. The molecule has 0 saturated carbocycles. The number of fused-ring (bicyclic) bond motifs is 2. The zero-order valence-electron chi connectivity index (χ0n) is 17.6. The van der Waals surface area contributed by atoms with E-state index in [0.717, 1.165) is 28.2 Å². The van der Waals surface area contributed by atoms with Crippen molar-refractivity contribution in [2.24, 2.45) is 0 Å². The maximum absolute atomic E-state index is 13.5. The molecule has 2 aliphatic rings. The third-order valence-corrected chi connectivity index (χ3v) is 6.08. The fraction of sp³-hybridized carbons (Fsp3) is 0.381. The third kappa shape index (κ3) is 3.04. The number of pyridine rings is 1. The van der Waals surface area contributed by atoms with Crippen molar-refractivity contribution in [3.8, 4) is 0 Å². The largest absolute Gasteiger partial charge is 0.399 e. The molecule has 1 atom stereocenters. The van der Waals surface area contributed by atoms with Crippen molar-refractivity contribution in [1.29, 1.82) is 0 Å². The van der Waals surface area contributed by atoms with Gasteiger partial charge in [-0.1, -0.05) is 11.2 Å². The SMILES string of the molecule is Cc1cccn2nc(C3c4nc[nH]c4CCN3C(=O)c3nnc(N4CCOCC4)o3)cc12. The first-order valence-corrected chi connectivity index (χ1v) is 10.6. The summed E-state index contributed by atoms with van der Waals surface area (Å²) in [6.07, 6.45) is 4.23. The Morgan fingerprint density at radius 3 is 2.94 bits per heavy atom. The number of carbonyl (C=O) groups excluding carboxylic acids is 1. The first kappa shape index (κ1) is 19.0. The van der Waals surface area contributed by atoms with Gasteiger partial charge in [-0.25, -0.2) is 9.50 Å². The quantitative estimate of drug-likeness (QED) is 0.514. The van der Waals surface area contributed by atoms with E-state index in [4.69, 9.17) is 14.3 Å². The van der Waals surface area contributed by atoms with Gasteiger partial charge in [0.05, 0.1) is 36.4 Å². The van der Waals surface area contributed by atoms with E-state index in [1.807, 2.05) is 40.7 Å². The van der Waals surface area contributed by atoms with Crippen LogP contribution in [0, 0.1) is 6.92 Å². The molecule has 11 heteroatoms. The third-order valence-electron chi connectivity index (χ3n) is 6.08. The van der Waals surface area contributed by atoms with E-state index in [9.17, 15) is 4.79 Å². The monoisotopic (exact) mass is 434 g/mol. The summed E-state index contributed by atoms with van der Waals surface area (Å²) in [6, 6.07) is 5.89. The van der Waals surface area contributed by atoms with Gasteiger partial charge in [-0.2, -0.15) is 5.10 Å². The lowest BCUT2D eigenvalue weighted by molar-refractivity contribution is 0.0645. The van der Waals surface area contributed by atoms with Crippen molar-refractivity contribution < 1.29 is 13.9 Å². The van der Waals surface area contributed by atoms with E-state index >= 15 is 0 Å². The van der Waals surface area contributed by atoms with Crippen molar-refractivity contribution in [1.82, 2.24) is 34.7 Å². The molecule has 1 unspecified atom stereocenters. The smallest absolute Gasteiger partial charge is 0.318 e. The van der Waals surface area contributed by atoms with Crippen LogP contribution in [-0.4, -0.2) is 73.4 Å². The van der Waals surface area contributed by atoms with E-state index in [1.165, 1.54) is 0 Å². The van der Waals surface area contributed by atoms with Crippen LogP contribution < -0.4 is 4.90 Å². The molecule has 6 heterocycles. The van der Waals surface area contributed by atoms with Gasteiger partial charge in [-0.05, 0) is 24.6 Å². The van der Waals surface area contributed by atoms with Crippen molar-refractivity contribution in [2.75, 3.05) is 37.7 Å². The van der Waals surface area contributed by atoms with Crippen molar-refractivity contribution in [3.05, 3.63) is 59.3 Å². The number of carbonyl (C=O) groups is 1. The minimum atomic E-state index is -0.449. The highest BCUT2D eigenvalue weighted by molar-refractivity contribution is 5.90. The highest BCUT2D eigenvalue weighted by atomic mass is 16.5. The lowest BCUT2D eigenvalue weighted by Gasteiger charge is -2.32. The number of aromatic amines is 1. The van der Waals surface area contributed by atoms with E-state index in [0.29, 0.717) is 45.3 Å². The molecule has 11 nitrogen and oxygen atoms in total. The molecule has 1 amide bonds. The van der Waals surface area contributed by atoms with Crippen LogP contribution in [0.3, 0.4) is 0 Å². The Labute approximate surface area is 183 Å². The van der Waals surface area contributed by atoms with E-state index in [-0.39, 0.29) is 11.8 Å². The van der Waals surface area contributed by atoms with E-state index < -0.39 is 6.04 Å². The Hall–Kier alpha value is -3.73. The fourth-order valence-corrected chi connectivity index (χ4v) is 4.41. The second kappa shape index (κ2) is 7.45. The second-order valence-electron chi connectivity index (χ2n) is 8.00. The molecule has 6 rings (SSSR count). The highest BCUT2D eigenvalue weighted by Crippen LogP contribution is 2.34. The van der Waals surface area contributed by atoms with Crippen LogP contribution in [0.4, 0.5) is 6.01 Å². The molecule has 0 aliphatic carbocycles. The standard InChI is InChI=1S/C21H22N8O3/c1-13-3-2-5-29-16(13)11-15(26-29)18-17-14(22-12-23-17)4-6-28(18)20(30)19-24-25-21(32-19)27-7-9-31-10-8-27/h2-3,5,11-12,18H,4,6-10H2,1H3,(H,22,23). The normalized spacial score (nSPS) is 18.8. The Bertz CT molecular complexity index is 1290. The van der Waals surface area contributed by atoms with Crippen LogP contribution in [-0.2, 0) is 11.2 Å². The van der Waals surface area contributed by atoms with Gasteiger partial charge in [0, 0.05) is 37.9 Å². The molecule has 0 radical (unpaired) electrons. The topological polar surface area (TPSA) is 118 Å². The molecule has 1 fully saturated rings. The summed E-state index contributed by atoms with van der Waals surface area (Å²) in [6.45, 7) is 5.01. The summed E-state index contributed by atoms with van der Waals surface area (Å²) in [4.78, 5) is 24.9. The Balaban J connectivity index is 1.37. The van der Waals surface area contributed by atoms with Gasteiger partial charge in [0.25, 0.3) is 0 Å². The Kier molecular flexibility index (Phi) is 4.42. The van der Waals surface area contributed by atoms with Crippen molar-refractivity contribution in [3.63, 3.8) is 0 Å². The number of aromatic nitrogens is 6. The Morgan fingerprint density at radius 2 is 2.09 bits per heavy atom. The molecule has 4 aromatic heterocycles. The van der Waals surface area contributed by atoms with Crippen LogP contribution in [0.15, 0.2) is 35.1 Å². The number of imidazole rings is 1. The molecule has 32 heavy (non-hydrogen) atoms. The van der Waals surface area contributed by atoms with Gasteiger partial charge in [-0.3, -0.25) is 4.79 Å². The number of anilines is 1. The summed E-state index contributed by atoms with van der Waals surface area (Å²) in [5.41, 5.74) is 4.64. The van der Waals surface area contributed by atoms with Gasteiger partial charge in [0.15, 0.2) is 0 Å². The molecule has 0 spiro atoms. The van der Waals surface area contributed by atoms with Crippen LogP contribution in [0.2, 0.25) is 0 Å². The molecule has 4 aromatic rings. The van der Waals surface area contributed by atoms with Gasteiger partial charge in [-0.15, -0.1) is 5.10 Å². The van der Waals surface area contributed by atoms with E-state index in [1.54, 1.807) is 11.2 Å². The molecular weight excluding hydrogens is 412 g/mol. The highest BCUT2D eigenvalue weighted by Gasteiger charge is 2.38. The van der Waals surface area contributed by atoms with Crippen molar-refractivity contribution in [2.45, 2.75) is 19.4 Å². The average Bonchev–Trinajstić information content (AvgIpc) is 3.58. The number of amides is 1. The van der Waals surface area contributed by atoms with Gasteiger partial charge in [0.2, 0.25) is 0 Å². The molecule has 164 valence electrons. The second-order valence-corrected chi connectivity index (χ2v) is 8.00. The summed E-state index contributed by atoms with van der Waals surface area (Å²) in [7, 11) is 0. The van der Waals surface area contributed by atoms with Crippen LogP contribution >= 0.6 is 0 Å². The average molecular weight is 434 g/mol. The minimum absolute atomic E-state index is 0.0320. The lowest BCUT2D eigenvalue weighted by Crippen LogP contribution is -2.41. The molecule has 0 aromatic carbocycles. The number of H-pyrrole nitrogens is 1. The number of rotatable bonds is 3. The first-order chi connectivity index (χ1) is 15.7. The number of morpholine rings is 1. The van der Waals surface area contributed by atoms with Gasteiger partial charge >= 0.3 is 17.8 Å². The van der Waals surface area contributed by atoms with Crippen LogP contribution in [0.5, 0.6) is 0 Å². The number of ether oxygens (including phenoxy) is 1. The van der Waals surface area contributed by atoms with Crippen LogP contribution in [0.1, 0.15) is 39.4 Å². The number of aryl methyl sites for hydroxylation is 1. The number of hydrogen-bond acceptors (Lipinski definition) is 8. The minimum Gasteiger partial charge on any atom is -0.399 e. The molecule has 1 N–H and O–H groups in total. The van der Waals surface area contributed by atoms with Crippen molar-refractivity contribution >= 4 is 17.4 Å². The first-order valence-electron chi connectivity index (χ1n) is 10.6. The number of nitrogens with zero attached hydrogens (tertiary/aromatic N) is 7. The maximum Gasteiger partial charge on any atom is 0.318 e. The summed E-state index contributed by atoms with van der Waals surface area (Å²) in [5.74, 6) is -0.361. The van der Waals surface area contributed by atoms with Crippen LogP contribution in [0.25, 0.3) is 5.52 Å². The molecule has 2 aliphatic heterocycles.